The number of nitrogens with one attached hydrogen (secondary N) is 1. The number of carbonyl (C=O) groups is 1. The van der Waals surface area contributed by atoms with E-state index in [1.807, 2.05) is 56.3 Å². The summed E-state index contributed by atoms with van der Waals surface area (Å²) in [6, 6.07) is 11.8. The second-order valence-electron chi connectivity index (χ2n) is 5.43. The van der Waals surface area contributed by atoms with Crippen molar-refractivity contribution in [1.29, 1.82) is 0 Å². The molecule has 0 spiro atoms. The minimum Gasteiger partial charge on any atom is -0.300 e. The van der Waals surface area contributed by atoms with Crippen LogP contribution < -0.4 is 5.32 Å². The third kappa shape index (κ3) is 3.99. The summed E-state index contributed by atoms with van der Waals surface area (Å²) < 4.78 is 2.07. The van der Waals surface area contributed by atoms with Gasteiger partial charge < -0.3 is 5.32 Å². The Bertz CT molecular complexity index is 867. The van der Waals surface area contributed by atoms with Crippen LogP contribution in [-0.4, -0.2) is 11.1 Å². The van der Waals surface area contributed by atoms with E-state index in [2.05, 4.69) is 42.2 Å². The number of hydrogen-bond acceptors (Lipinski definition) is 3. The van der Waals surface area contributed by atoms with Gasteiger partial charge in [-0.1, -0.05) is 44.0 Å². The first-order valence-electron chi connectivity index (χ1n) is 7.24. The van der Waals surface area contributed by atoms with Gasteiger partial charge in [-0.25, -0.2) is 4.99 Å². The van der Waals surface area contributed by atoms with E-state index >= 15 is 0 Å². The van der Waals surface area contributed by atoms with Crippen LogP contribution in [0.3, 0.4) is 0 Å². The fourth-order valence-electron chi connectivity index (χ4n) is 2.33. The van der Waals surface area contributed by atoms with Crippen LogP contribution >= 0.6 is 43.6 Å². The summed E-state index contributed by atoms with van der Waals surface area (Å²) in [6.45, 7) is 4.06. The third-order valence-corrected chi connectivity index (χ3v) is 6.10. The normalized spacial score (nSPS) is 17.6. The van der Waals surface area contributed by atoms with Crippen LogP contribution in [-0.2, 0) is 4.79 Å². The number of aryl methyl sites for hydroxylation is 2. The Kier molecular flexibility index (Phi) is 5.27. The fourth-order valence-corrected chi connectivity index (χ4v) is 3.82. The van der Waals surface area contributed by atoms with Crippen molar-refractivity contribution in [3.63, 3.8) is 0 Å². The zero-order chi connectivity index (χ0) is 17.3. The van der Waals surface area contributed by atoms with E-state index in [-0.39, 0.29) is 5.91 Å². The molecule has 0 atom stereocenters. The van der Waals surface area contributed by atoms with Gasteiger partial charge in [0.25, 0.3) is 5.91 Å². The molecule has 1 fully saturated rings. The summed E-state index contributed by atoms with van der Waals surface area (Å²) >= 11 is 8.34. The van der Waals surface area contributed by atoms with Gasteiger partial charge in [0, 0.05) is 8.95 Å². The lowest BCUT2D eigenvalue weighted by atomic mass is 10.1. The minimum absolute atomic E-state index is 0.121. The largest absolute Gasteiger partial charge is 0.300 e. The molecule has 1 aliphatic heterocycles. The van der Waals surface area contributed by atoms with E-state index in [0.717, 1.165) is 31.3 Å². The highest BCUT2D eigenvalue weighted by Gasteiger charge is 2.23. The van der Waals surface area contributed by atoms with Crippen molar-refractivity contribution in [2.75, 3.05) is 0 Å². The molecule has 1 aliphatic rings. The lowest BCUT2D eigenvalue weighted by molar-refractivity contribution is -0.115. The Morgan fingerprint density at radius 1 is 1.12 bits per heavy atom. The quantitative estimate of drug-likeness (QED) is 0.576. The van der Waals surface area contributed by atoms with E-state index in [1.165, 1.54) is 11.8 Å². The average molecular weight is 466 g/mol. The van der Waals surface area contributed by atoms with Gasteiger partial charge in [0.05, 0.1) is 10.6 Å². The van der Waals surface area contributed by atoms with Crippen LogP contribution in [0.4, 0.5) is 5.69 Å². The predicted molar refractivity (Wildman–Crippen MR) is 109 cm³/mol. The topological polar surface area (TPSA) is 41.5 Å². The molecule has 1 heterocycles. The number of hydrogen-bond donors (Lipinski definition) is 1. The molecule has 2 aromatic rings. The van der Waals surface area contributed by atoms with Crippen LogP contribution in [0, 0.1) is 13.8 Å². The molecule has 24 heavy (non-hydrogen) atoms. The maximum Gasteiger partial charge on any atom is 0.264 e. The van der Waals surface area contributed by atoms with E-state index in [0.29, 0.717) is 10.1 Å². The fraction of sp³-hybridized carbons (Fsp3) is 0.111. The molecule has 0 unspecified atom stereocenters. The molecular formula is C18H14Br2N2OS. The first kappa shape index (κ1) is 17.5. The highest BCUT2D eigenvalue weighted by atomic mass is 79.9. The molecule has 0 aromatic heterocycles. The van der Waals surface area contributed by atoms with Crippen molar-refractivity contribution in [2.24, 2.45) is 4.99 Å². The molecule has 0 aliphatic carbocycles. The molecular weight excluding hydrogens is 452 g/mol. The summed E-state index contributed by atoms with van der Waals surface area (Å²) in [4.78, 5) is 17.3. The number of amides is 1. The van der Waals surface area contributed by atoms with Crippen molar-refractivity contribution in [1.82, 2.24) is 5.32 Å². The van der Waals surface area contributed by atoms with Gasteiger partial charge in [0.1, 0.15) is 0 Å². The molecule has 6 heteroatoms. The number of thioether (sulfide) groups is 1. The van der Waals surface area contributed by atoms with Gasteiger partial charge in [-0.2, -0.15) is 0 Å². The lowest BCUT2D eigenvalue weighted by Gasteiger charge is -2.04. The predicted octanol–water partition coefficient (Wildman–Crippen LogP) is 5.72. The Labute approximate surface area is 161 Å². The van der Waals surface area contributed by atoms with E-state index in [4.69, 9.17) is 0 Å². The van der Waals surface area contributed by atoms with Gasteiger partial charge in [-0.05, 0) is 72.6 Å². The Morgan fingerprint density at radius 2 is 1.83 bits per heavy atom. The molecule has 0 radical (unpaired) electrons. The molecule has 3 rings (SSSR count). The second kappa shape index (κ2) is 7.25. The number of nitrogens with zero attached hydrogens (tertiary/aromatic N) is 1. The van der Waals surface area contributed by atoms with Crippen LogP contribution in [0.15, 0.2) is 55.2 Å². The smallest absolute Gasteiger partial charge is 0.264 e. The van der Waals surface area contributed by atoms with Crippen molar-refractivity contribution < 1.29 is 4.79 Å². The van der Waals surface area contributed by atoms with Gasteiger partial charge in [-0.3, -0.25) is 4.79 Å². The number of carbonyl (C=O) groups excluding carboxylic acids is 1. The molecule has 1 N–H and O–H groups in total. The van der Waals surface area contributed by atoms with E-state index < -0.39 is 0 Å². The molecule has 0 saturated carbocycles. The van der Waals surface area contributed by atoms with E-state index in [9.17, 15) is 4.79 Å². The number of rotatable bonds is 2. The van der Waals surface area contributed by atoms with Crippen LogP contribution in [0.2, 0.25) is 0 Å². The molecule has 0 bridgehead atoms. The van der Waals surface area contributed by atoms with Crippen molar-refractivity contribution >= 4 is 66.5 Å². The molecule has 122 valence electrons. The van der Waals surface area contributed by atoms with Crippen molar-refractivity contribution in [3.05, 3.63) is 66.9 Å². The molecule has 1 saturated heterocycles. The zero-order valence-electron chi connectivity index (χ0n) is 13.1. The zero-order valence-corrected chi connectivity index (χ0v) is 17.0. The molecule has 3 nitrogen and oxygen atoms in total. The number of benzene rings is 2. The molecule has 2 aromatic carbocycles. The van der Waals surface area contributed by atoms with Gasteiger partial charge in [-0.15, -0.1) is 0 Å². The minimum atomic E-state index is -0.121. The lowest BCUT2D eigenvalue weighted by Crippen LogP contribution is -2.19. The maximum absolute atomic E-state index is 12.2. The first-order chi connectivity index (χ1) is 11.4. The monoisotopic (exact) mass is 464 g/mol. The third-order valence-electron chi connectivity index (χ3n) is 3.45. The number of aliphatic imine (C=N–C) groups is 1. The van der Waals surface area contributed by atoms with Crippen LogP contribution in [0.5, 0.6) is 0 Å². The Morgan fingerprint density at radius 3 is 2.50 bits per heavy atom. The highest BCUT2D eigenvalue weighted by molar-refractivity contribution is 9.10. The highest BCUT2D eigenvalue weighted by Crippen LogP contribution is 2.31. The second-order valence-corrected chi connectivity index (χ2v) is 8.17. The first-order valence-corrected chi connectivity index (χ1v) is 9.64. The SMILES string of the molecule is Cc1cc(N=C2NC(=O)/C(=C/c3cccc(Br)c3)S2)cc(C)c1Br. The van der Waals surface area contributed by atoms with Gasteiger partial charge in [0.15, 0.2) is 5.17 Å². The average Bonchev–Trinajstić information content (AvgIpc) is 2.84. The van der Waals surface area contributed by atoms with E-state index in [1.54, 1.807) is 0 Å². The van der Waals surface area contributed by atoms with Gasteiger partial charge >= 0.3 is 0 Å². The van der Waals surface area contributed by atoms with Gasteiger partial charge in [0.2, 0.25) is 0 Å². The summed E-state index contributed by atoms with van der Waals surface area (Å²) in [7, 11) is 0. The maximum atomic E-state index is 12.2. The number of amidine groups is 1. The Hall–Kier alpha value is -1.37. The standard InChI is InChI=1S/C18H14Br2N2OS/c1-10-6-14(7-11(2)16(10)20)21-18-22-17(23)15(24-18)9-12-4-3-5-13(19)8-12/h3-9H,1-2H3,(H,21,22,23)/b15-9-. The summed E-state index contributed by atoms with van der Waals surface area (Å²) in [5, 5.41) is 3.42. The van der Waals surface area contributed by atoms with Crippen molar-refractivity contribution in [2.45, 2.75) is 13.8 Å². The van der Waals surface area contributed by atoms with Crippen molar-refractivity contribution in [3.8, 4) is 0 Å². The summed E-state index contributed by atoms with van der Waals surface area (Å²) in [6.07, 6.45) is 1.87. The van der Waals surface area contributed by atoms with Crippen LogP contribution in [0.25, 0.3) is 6.08 Å². The summed E-state index contributed by atoms with van der Waals surface area (Å²) in [5.41, 5.74) is 4.04. The number of halogens is 2. The Balaban J connectivity index is 1.87. The molecule has 1 amide bonds. The van der Waals surface area contributed by atoms with Crippen LogP contribution in [0.1, 0.15) is 16.7 Å². The summed E-state index contributed by atoms with van der Waals surface area (Å²) in [5.74, 6) is -0.121.